The van der Waals surface area contributed by atoms with E-state index in [1.807, 2.05) is 12.1 Å². The van der Waals surface area contributed by atoms with E-state index in [4.69, 9.17) is 0 Å². The number of hydrogen-bond donors (Lipinski definition) is 2. The summed E-state index contributed by atoms with van der Waals surface area (Å²) in [5.41, 5.74) is -0.642. The molecule has 1 aromatic heterocycles. The van der Waals surface area contributed by atoms with E-state index in [0.29, 0.717) is 0 Å². The van der Waals surface area contributed by atoms with Crippen LogP contribution in [0.15, 0.2) is 18.3 Å². The minimum absolute atomic E-state index is 0.0879. The molecule has 7 heteroatoms. The Morgan fingerprint density at radius 3 is 2.96 bits per heavy atom. The van der Waals surface area contributed by atoms with Gasteiger partial charge in [-0.05, 0) is 50.7 Å². The first-order valence-corrected chi connectivity index (χ1v) is 8.69. The van der Waals surface area contributed by atoms with Crippen LogP contribution in [0.1, 0.15) is 38.5 Å². The molecule has 7 nitrogen and oxygen atoms in total. The van der Waals surface area contributed by atoms with Crippen LogP contribution in [-0.2, 0) is 4.79 Å². The first-order valence-electron chi connectivity index (χ1n) is 8.69. The number of carbonyl (C=O) groups excluding carboxylic acids is 1. The standard InChI is InChI=1S/C17H24N6O/c18-13-17(7-1-2-8-17)21-16(24)11-19-14-5-4-10-23(12-14)15-6-3-9-20-22-15/h3,6,9,14,19H,1-2,4-5,7-8,10-12H2,(H,21,24)/t14-/m1/s1. The van der Waals surface area contributed by atoms with Crippen LogP contribution in [0, 0.1) is 11.3 Å². The zero-order chi connectivity index (χ0) is 16.8. The van der Waals surface area contributed by atoms with Gasteiger partial charge in [0.2, 0.25) is 5.91 Å². The van der Waals surface area contributed by atoms with Crippen LogP contribution in [0.25, 0.3) is 0 Å². The van der Waals surface area contributed by atoms with Crippen LogP contribution in [0.2, 0.25) is 0 Å². The van der Waals surface area contributed by atoms with Crippen molar-refractivity contribution >= 4 is 11.7 Å². The predicted molar refractivity (Wildman–Crippen MR) is 90.2 cm³/mol. The van der Waals surface area contributed by atoms with Crippen molar-refractivity contribution < 1.29 is 4.79 Å². The van der Waals surface area contributed by atoms with Gasteiger partial charge in [-0.1, -0.05) is 0 Å². The van der Waals surface area contributed by atoms with E-state index in [9.17, 15) is 10.1 Å². The molecule has 3 rings (SSSR count). The fourth-order valence-electron chi connectivity index (χ4n) is 3.61. The van der Waals surface area contributed by atoms with Crippen LogP contribution in [0.5, 0.6) is 0 Å². The third-order valence-corrected chi connectivity index (χ3v) is 4.90. The molecule has 1 amide bonds. The number of carbonyl (C=O) groups is 1. The van der Waals surface area contributed by atoms with Crippen molar-refractivity contribution in [3.8, 4) is 6.07 Å². The fraction of sp³-hybridized carbons (Fsp3) is 0.647. The normalized spacial score (nSPS) is 22.8. The lowest BCUT2D eigenvalue weighted by atomic mass is 10.00. The molecule has 1 aliphatic heterocycles. The van der Waals surface area contributed by atoms with Crippen molar-refractivity contribution in [1.29, 1.82) is 5.26 Å². The minimum atomic E-state index is -0.642. The molecular formula is C17H24N6O. The Labute approximate surface area is 142 Å². The van der Waals surface area contributed by atoms with Crippen LogP contribution >= 0.6 is 0 Å². The average Bonchev–Trinajstić information content (AvgIpc) is 3.10. The summed E-state index contributed by atoms with van der Waals surface area (Å²) in [5.74, 6) is 0.790. The van der Waals surface area contributed by atoms with E-state index < -0.39 is 5.54 Å². The van der Waals surface area contributed by atoms with Gasteiger partial charge in [0.15, 0.2) is 5.82 Å². The molecule has 0 spiro atoms. The molecule has 24 heavy (non-hydrogen) atoms. The fourth-order valence-corrected chi connectivity index (χ4v) is 3.61. The first-order chi connectivity index (χ1) is 11.7. The molecule has 1 saturated heterocycles. The van der Waals surface area contributed by atoms with Gasteiger partial charge in [0.1, 0.15) is 5.54 Å². The van der Waals surface area contributed by atoms with E-state index >= 15 is 0 Å². The maximum Gasteiger partial charge on any atom is 0.235 e. The molecule has 2 aliphatic rings. The highest BCUT2D eigenvalue weighted by atomic mass is 16.2. The largest absolute Gasteiger partial charge is 0.354 e. The van der Waals surface area contributed by atoms with Gasteiger partial charge in [-0.25, -0.2) is 0 Å². The summed E-state index contributed by atoms with van der Waals surface area (Å²) < 4.78 is 0. The van der Waals surface area contributed by atoms with Crippen LogP contribution < -0.4 is 15.5 Å². The summed E-state index contributed by atoms with van der Waals surface area (Å²) in [6.45, 7) is 2.03. The smallest absolute Gasteiger partial charge is 0.235 e. The minimum Gasteiger partial charge on any atom is -0.354 e. The lowest BCUT2D eigenvalue weighted by Crippen LogP contribution is -2.52. The Hall–Kier alpha value is -2.20. The van der Waals surface area contributed by atoms with Gasteiger partial charge >= 0.3 is 0 Å². The molecule has 1 atom stereocenters. The highest BCUT2D eigenvalue weighted by Crippen LogP contribution is 2.28. The van der Waals surface area contributed by atoms with Crippen molar-refractivity contribution in [2.45, 2.75) is 50.1 Å². The van der Waals surface area contributed by atoms with Gasteiger partial charge in [-0.2, -0.15) is 10.4 Å². The quantitative estimate of drug-likeness (QED) is 0.837. The number of piperidine rings is 1. The lowest BCUT2D eigenvalue weighted by Gasteiger charge is -2.33. The van der Waals surface area contributed by atoms with Gasteiger partial charge in [-0.3, -0.25) is 4.79 Å². The van der Waals surface area contributed by atoms with Crippen molar-refractivity contribution in [2.75, 3.05) is 24.5 Å². The molecule has 1 saturated carbocycles. The van der Waals surface area contributed by atoms with Crippen LogP contribution in [0.3, 0.4) is 0 Å². The highest BCUT2D eigenvalue weighted by molar-refractivity contribution is 5.79. The number of rotatable bonds is 5. The summed E-state index contributed by atoms with van der Waals surface area (Å²) in [5, 5.41) is 23.7. The molecule has 0 aromatic carbocycles. The summed E-state index contributed by atoms with van der Waals surface area (Å²) in [6, 6.07) is 6.38. The maximum atomic E-state index is 12.2. The number of aromatic nitrogens is 2. The summed E-state index contributed by atoms with van der Waals surface area (Å²) >= 11 is 0. The second-order valence-electron chi connectivity index (χ2n) is 6.70. The maximum absolute atomic E-state index is 12.2. The number of anilines is 1. The molecular weight excluding hydrogens is 304 g/mol. The molecule has 0 radical (unpaired) electrons. The summed E-state index contributed by atoms with van der Waals surface area (Å²) in [4.78, 5) is 14.4. The molecule has 128 valence electrons. The van der Waals surface area contributed by atoms with Crippen molar-refractivity contribution in [3.05, 3.63) is 18.3 Å². The monoisotopic (exact) mass is 328 g/mol. The molecule has 2 fully saturated rings. The van der Waals surface area contributed by atoms with E-state index in [-0.39, 0.29) is 18.5 Å². The Bertz CT molecular complexity index is 593. The number of nitrogens with one attached hydrogen (secondary N) is 2. The molecule has 0 unspecified atom stereocenters. The van der Waals surface area contributed by atoms with Crippen LogP contribution in [-0.4, -0.2) is 47.3 Å². The third-order valence-electron chi connectivity index (χ3n) is 4.90. The van der Waals surface area contributed by atoms with Gasteiger partial charge in [0.25, 0.3) is 0 Å². The number of nitriles is 1. The van der Waals surface area contributed by atoms with E-state index in [0.717, 1.165) is 57.4 Å². The number of hydrogen-bond acceptors (Lipinski definition) is 6. The van der Waals surface area contributed by atoms with Crippen molar-refractivity contribution in [1.82, 2.24) is 20.8 Å². The summed E-state index contributed by atoms with van der Waals surface area (Å²) in [6.07, 6.45) is 7.30. The second-order valence-corrected chi connectivity index (χ2v) is 6.70. The van der Waals surface area contributed by atoms with E-state index in [1.54, 1.807) is 6.20 Å². The Kier molecular flexibility index (Phi) is 5.26. The molecule has 2 N–H and O–H groups in total. The summed E-state index contributed by atoms with van der Waals surface area (Å²) in [7, 11) is 0. The van der Waals surface area contributed by atoms with Crippen molar-refractivity contribution in [3.63, 3.8) is 0 Å². The van der Waals surface area contributed by atoms with Gasteiger partial charge in [-0.15, -0.1) is 5.10 Å². The molecule has 2 heterocycles. The lowest BCUT2D eigenvalue weighted by molar-refractivity contribution is -0.121. The third kappa shape index (κ3) is 4.01. The van der Waals surface area contributed by atoms with Gasteiger partial charge in [0.05, 0.1) is 12.6 Å². The number of nitrogens with zero attached hydrogens (tertiary/aromatic N) is 4. The second kappa shape index (κ2) is 7.58. The Morgan fingerprint density at radius 1 is 1.42 bits per heavy atom. The average molecular weight is 328 g/mol. The van der Waals surface area contributed by atoms with E-state index in [1.165, 1.54) is 0 Å². The van der Waals surface area contributed by atoms with Crippen molar-refractivity contribution in [2.24, 2.45) is 0 Å². The van der Waals surface area contributed by atoms with Crippen LogP contribution in [0.4, 0.5) is 5.82 Å². The topological polar surface area (TPSA) is 93.9 Å². The Balaban J connectivity index is 1.48. The first kappa shape index (κ1) is 16.7. The molecule has 1 aliphatic carbocycles. The number of amides is 1. The molecule has 0 bridgehead atoms. The predicted octanol–water partition coefficient (Wildman–Crippen LogP) is 0.988. The zero-order valence-electron chi connectivity index (χ0n) is 13.9. The van der Waals surface area contributed by atoms with Gasteiger partial charge < -0.3 is 15.5 Å². The Morgan fingerprint density at radius 2 is 2.25 bits per heavy atom. The molecule has 1 aromatic rings. The van der Waals surface area contributed by atoms with Gasteiger partial charge in [0, 0.05) is 25.3 Å². The van der Waals surface area contributed by atoms with E-state index in [2.05, 4.69) is 31.8 Å². The SMILES string of the molecule is N#CC1(NC(=O)CN[C@@H]2CCCN(c3cccnn3)C2)CCCC1. The zero-order valence-corrected chi connectivity index (χ0v) is 13.9. The highest BCUT2D eigenvalue weighted by Gasteiger charge is 2.35.